The van der Waals surface area contributed by atoms with E-state index >= 15 is 0 Å². The van der Waals surface area contributed by atoms with Gasteiger partial charge in [0.2, 0.25) is 0 Å². The molecule has 0 bridgehead atoms. The Hall–Kier alpha value is -0.0800. The molecule has 106 valence electrons. The lowest BCUT2D eigenvalue weighted by Crippen LogP contribution is -2.48. The SMILES string of the molecule is CC(C)C(CN1CCCC(NC2CC2)C1)C(C)C. The fourth-order valence-corrected chi connectivity index (χ4v) is 3.43. The van der Waals surface area contributed by atoms with Gasteiger partial charge >= 0.3 is 0 Å². The predicted molar refractivity (Wildman–Crippen MR) is 78.8 cm³/mol. The van der Waals surface area contributed by atoms with Gasteiger partial charge in [-0.2, -0.15) is 0 Å². The van der Waals surface area contributed by atoms with Crippen molar-refractivity contribution in [2.24, 2.45) is 17.8 Å². The van der Waals surface area contributed by atoms with Gasteiger partial charge in [-0.3, -0.25) is 0 Å². The minimum Gasteiger partial charge on any atom is -0.310 e. The van der Waals surface area contributed by atoms with Crippen LogP contribution >= 0.6 is 0 Å². The fourth-order valence-electron chi connectivity index (χ4n) is 3.43. The molecule has 1 unspecified atom stereocenters. The summed E-state index contributed by atoms with van der Waals surface area (Å²) in [4.78, 5) is 2.72. The largest absolute Gasteiger partial charge is 0.310 e. The Morgan fingerprint density at radius 1 is 1.00 bits per heavy atom. The van der Waals surface area contributed by atoms with Crippen molar-refractivity contribution in [2.45, 2.75) is 65.5 Å². The summed E-state index contributed by atoms with van der Waals surface area (Å²) in [6, 6.07) is 1.63. The molecule has 1 N–H and O–H groups in total. The van der Waals surface area contributed by atoms with Gasteiger partial charge in [0.25, 0.3) is 0 Å². The predicted octanol–water partition coefficient (Wildman–Crippen LogP) is 3.13. The summed E-state index contributed by atoms with van der Waals surface area (Å²) in [5, 5.41) is 3.81. The molecule has 1 aliphatic heterocycles. The molecule has 1 heterocycles. The zero-order chi connectivity index (χ0) is 13.1. The van der Waals surface area contributed by atoms with Gasteiger partial charge in [-0.15, -0.1) is 0 Å². The van der Waals surface area contributed by atoms with Gasteiger partial charge in [0.05, 0.1) is 0 Å². The van der Waals surface area contributed by atoms with Crippen molar-refractivity contribution in [3.63, 3.8) is 0 Å². The van der Waals surface area contributed by atoms with E-state index in [4.69, 9.17) is 0 Å². The van der Waals surface area contributed by atoms with Crippen LogP contribution < -0.4 is 5.32 Å². The standard InChI is InChI=1S/C16H32N2/c1-12(2)16(13(3)4)11-18-9-5-6-15(10-18)17-14-7-8-14/h12-17H,5-11H2,1-4H3. The maximum Gasteiger partial charge on any atom is 0.0198 e. The highest BCUT2D eigenvalue weighted by Crippen LogP contribution is 2.25. The van der Waals surface area contributed by atoms with Crippen molar-refractivity contribution in [1.29, 1.82) is 0 Å². The second kappa shape index (κ2) is 6.38. The van der Waals surface area contributed by atoms with Gasteiger partial charge in [0.15, 0.2) is 0 Å². The summed E-state index contributed by atoms with van der Waals surface area (Å²) >= 11 is 0. The highest BCUT2D eigenvalue weighted by atomic mass is 15.2. The van der Waals surface area contributed by atoms with E-state index < -0.39 is 0 Å². The topological polar surface area (TPSA) is 15.3 Å². The monoisotopic (exact) mass is 252 g/mol. The molecule has 0 radical (unpaired) electrons. The smallest absolute Gasteiger partial charge is 0.0198 e. The van der Waals surface area contributed by atoms with E-state index in [1.165, 1.54) is 45.3 Å². The van der Waals surface area contributed by atoms with Crippen LogP contribution in [0.1, 0.15) is 53.4 Å². The summed E-state index contributed by atoms with van der Waals surface area (Å²) in [7, 11) is 0. The van der Waals surface area contributed by atoms with E-state index in [2.05, 4.69) is 37.9 Å². The van der Waals surface area contributed by atoms with Gasteiger partial charge in [0.1, 0.15) is 0 Å². The Labute approximate surface area is 114 Å². The van der Waals surface area contributed by atoms with Crippen molar-refractivity contribution in [1.82, 2.24) is 10.2 Å². The van der Waals surface area contributed by atoms with Crippen molar-refractivity contribution in [2.75, 3.05) is 19.6 Å². The molecule has 2 rings (SSSR count). The second-order valence-corrected chi connectivity index (χ2v) is 7.19. The number of piperidine rings is 1. The number of nitrogens with one attached hydrogen (secondary N) is 1. The third-order valence-electron chi connectivity index (χ3n) is 4.74. The zero-order valence-corrected chi connectivity index (χ0v) is 12.8. The van der Waals surface area contributed by atoms with Crippen molar-refractivity contribution < 1.29 is 0 Å². The maximum atomic E-state index is 3.81. The minimum atomic E-state index is 0.770. The van der Waals surface area contributed by atoms with Crippen LogP contribution in [0.25, 0.3) is 0 Å². The average Bonchev–Trinajstić information content (AvgIpc) is 3.09. The van der Waals surface area contributed by atoms with E-state index in [0.717, 1.165) is 29.8 Å². The molecule has 2 fully saturated rings. The van der Waals surface area contributed by atoms with Crippen LogP contribution in [0.15, 0.2) is 0 Å². The van der Waals surface area contributed by atoms with Gasteiger partial charge < -0.3 is 10.2 Å². The summed E-state index contributed by atoms with van der Waals surface area (Å²) in [6.45, 7) is 13.4. The Morgan fingerprint density at radius 2 is 1.67 bits per heavy atom. The lowest BCUT2D eigenvalue weighted by atomic mass is 9.84. The fraction of sp³-hybridized carbons (Fsp3) is 1.00. The Kier molecular flexibility index (Phi) is 5.08. The first-order valence-corrected chi connectivity index (χ1v) is 8.04. The van der Waals surface area contributed by atoms with Gasteiger partial charge in [-0.1, -0.05) is 27.7 Å². The lowest BCUT2D eigenvalue weighted by Gasteiger charge is -2.37. The first kappa shape index (κ1) is 14.3. The van der Waals surface area contributed by atoms with Crippen molar-refractivity contribution >= 4 is 0 Å². The molecule has 2 aliphatic rings. The van der Waals surface area contributed by atoms with E-state index in [1.54, 1.807) is 0 Å². The van der Waals surface area contributed by atoms with Crippen LogP contribution in [0.4, 0.5) is 0 Å². The molecule has 1 aliphatic carbocycles. The maximum absolute atomic E-state index is 3.81. The van der Waals surface area contributed by atoms with E-state index in [0.29, 0.717) is 0 Å². The first-order chi connectivity index (χ1) is 8.56. The highest BCUT2D eigenvalue weighted by molar-refractivity contribution is 4.88. The molecule has 18 heavy (non-hydrogen) atoms. The van der Waals surface area contributed by atoms with Crippen LogP contribution in [-0.2, 0) is 0 Å². The van der Waals surface area contributed by atoms with Crippen LogP contribution in [0, 0.1) is 17.8 Å². The minimum absolute atomic E-state index is 0.770. The molecule has 0 aromatic rings. The quantitative estimate of drug-likeness (QED) is 0.781. The normalized spacial score (nSPS) is 26.5. The number of hydrogen-bond donors (Lipinski definition) is 1. The third-order valence-corrected chi connectivity index (χ3v) is 4.74. The highest BCUT2D eigenvalue weighted by Gasteiger charge is 2.29. The van der Waals surface area contributed by atoms with Crippen LogP contribution in [0.3, 0.4) is 0 Å². The van der Waals surface area contributed by atoms with Crippen LogP contribution in [0.5, 0.6) is 0 Å². The summed E-state index contributed by atoms with van der Waals surface area (Å²) in [5.74, 6) is 2.47. The summed E-state index contributed by atoms with van der Waals surface area (Å²) in [5.41, 5.74) is 0. The number of rotatable bonds is 6. The Morgan fingerprint density at radius 3 is 2.22 bits per heavy atom. The first-order valence-electron chi connectivity index (χ1n) is 8.04. The molecule has 0 amide bonds. The van der Waals surface area contributed by atoms with Crippen molar-refractivity contribution in [3.05, 3.63) is 0 Å². The molecule has 2 heteroatoms. The van der Waals surface area contributed by atoms with Crippen LogP contribution in [0.2, 0.25) is 0 Å². The van der Waals surface area contributed by atoms with E-state index in [-0.39, 0.29) is 0 Å². The van der Waals surface area contributed by atoms with E-state index in [1.807, 2.05) is 0 Å². The van der Waals surface area contributed by atoms with Gasteiger partial charge in [-0.05, 0) is 50.0 Å². The molecule has 0 spiro atoms. The molecule has 1 saturated heterocycles. The molecule has 0 aromatic heterocycles. The molecule has 0 aromatic carbocycles. The van der Waals surface area contributed by atoms with Crippen LogP contribution in [-0.4, -0.2) is 36.6 Å². The molecule has 1 atom stereocenters. The Balaban J connectivity index is 1.79. The molecular formula is C16H32N2. The molecule has 1 saturated carbocycles. The summed E-state index contributed by atoms with van der Waals surface area (Å²) in [6.07, 6.45) is 5.60. The molecular weight excluding hydrogens is 220 g/mol. The average molecular weight is 252 g/mol. The Bertz CT molecular complexity index is 237. The second-order valence-electron chi connectivity index (χ2n) is 7.19. The number of likely N-dealkylation sites (tertiary alicyclic amines) is 1. The number of hydrogen-bond acceptors (Lipinski definition) is 2. The van der Waals surface area contributed by atoms with E-state index in [9.17, 15) is 0 Å². The molecule has 2 nitrogen and oxygen atoms in total. The van der Waals surface area contributed by atoms with Gasteiger partial charge in [-0.25, -0.2) is 0 Å². The summed E-state index contributed by atoms with van der Waals surface area (Å²) < 4.78 is 0. The van der Waals surface area contributed by atoms with Gasteiger partial charge in [0, 0.05) is 25.2 Å². The number of nitrogens with zero attached hydrogens (tertiary/aromatic N) is 1. The van der Waals surface area contributed by atoms with Crippen molar-refractivity contribution in [3.8, 4) is 0 Å². The zero-order valence-electron chi connectivity index (χ0n) is 12.8. The third kappa shape index (κ3) is 4.24. The lowest BCUT2D eigenvalue weighted by molar-refractivity contribution is 0.127.